The molecule has 2 aromatic heterocycles. The van der Waals surface area contributed by atoms with Crippen LogP contribution in [0.5, 0.6) is 0 Å². The average molecular weight is 409 g/mol. The zero-order valence-corrected chi connectivity index (χ0v) is 17.1. The van der Waals surface area contributed by atoms with Crippen LogP contribution in [0.15, 0.2) is 91.3 Å². The molecule has 0 aliphatic rings. The van der Waals surface area contributed by atoms with E-state index in [9.17, 15) is 4.79 Å². The van der Waals surface area contributed by atoms with Crippen LogP contribution >= 0.6 is 0 Å². The van der Waals surface area contributed by atoms with E-state index in [0.29, 0.717) is 13.1 Å². The average Bonchev–Trinajstić information content (AvgIpc) is 3.44. The zero-order valence-electron chi connectivity index (χ0n) is 17.1. The van der Waals surface area contributed by atoms with Crippen LogP contribution in [0, 0.1) is 0 Å². The Bertz CT molecular complexity index is 1250. The van der Waals surface area contributed by atoms with Gasteiger partial charge in [0.1, 0.15) is 0 Å². The lowest BCUT2D eigenvalue weighted by Gasteiger charge is -2.18. The molecule has 154 valence electrons. The smallest absolute Gasteiger partial charge is 0.315 e. The van der Waals surface area contributed by atoms with Crippen LogP contribution in [0.25, 0.3) is 21.8 Å². The normalized spacial score (nSPS) is 11.3. The summed E-state index contributed by atoms with van der Waals surface area (Å²) in [6.45, 7) is 0.988. The fourth-order valence-corrected chi connectivity index (χ4v) is 4.19. The number of urea groups is 1. The van der Waals surface area contributed by atoms with Crippen molar-refractivity contribution in [3.63, 3.8) is 0 Å². The van der Waals surface area contributed by atoms with Crippen LogP contribution < -0.4 is 10.6 Å². The fourth-order valence-electron chi connectivity index (χ4n) is 4.19. The van der Waals surface area contributed by atoms with E-state index in [1.165, 1.54) is 21.9 Å². The van der Waals surface area contributed by atoms with Gasteiger partial charge >= 0.3 is 6.03 Å². The van der Waals surface area contributed by atoms with Gasteiger partial charge in [0.15, 0.2) is 0 Å². The molecule has 2 amide bonds. The minimum absolute atomic E-state index is 0.00905. The van der Waals surface area contributed by atoms with Crippen molar-refractivity contribution >= 4 is 27.8 Å². The maximum Gasteiger partial charge on any atom is 0.315 e. The summed E-state index contributed by atoms with van der Waals surface area (Å²) in [5.74, 6) is 0.00905. The Morgan fingerprint density at radius 2 is 1.26 bits per heavy atom. The quantitative estimate of drug-likeness (QED) is 0.303. The molecule has 0 saturated heterocycles. The van der Waals surface area contributed by atoms with Crippen LogP contribution in [0.3, 0.4) is 0 Å². The number of nitrogens with one attached hydrogen (secondary N) is 4. The highest BCUT2D eigenvalue weighted by Gasteiger charge is 2.22. The summed E-state index contributed by atoms with van der Waals surface area (Å²) in [5.41, 5.74) is 5.60. The molecular formula is C26H24N4O. The fraction of sp³-hybridized carbons (Fsp3) is 0.115. The van der Waals surface area contributed by atoms with Crippen molar-refractivity contribution in [3.8, 4) is 0 Å². The van der Waals surface area contributed by atoms with Crippen molar-refractivity contribution < 1.29 is 4.79 Å². The Morgan fingerprint density at radius 3 is 1.87 bits per heavy atom. The number of para-hydroxylation sites is 2. The van der Waals surface area contributed by atoms with Gasteiger partial charge in [-0.25, -0.2) is 4.79 Å². The molecule has 0 spiro atoms. The van der Waals surface area contributed by atoms with Gasteiger partial charge in [0.2, 0.25) is 0 Å². The Morgan fingerprint density at radius 1 is 0.710 bits per heavy atom. The van der Waals surface area contributed by atoms with Crippen LogP contribution in [-0.2, 0) is 6.54 Å². The lowest BCUT2D eigenvalue weighted by Crippen LogP contribution is -2.37. The van der Waals surface area contributed by atoms with Crippen molar-refractivity contribution in [2.24, 2.45) is 0 Å². The Balaban J connectivity index is 1.41. The first-order valence-electron chi connectivity index (χ1n) is 10.5. The number of aromatic amines is 2. The van der Waals surface area contributed by atoms with Crippen LogP contribution in [-0.4, -0.2) is 22.5 Å². The molecular weight excluding hydrogens is 384 g/mol. The summed E-state index contributed by atoms with van der Waals surface area (Å²) in [7, 11) is 0. The first-order chi connectivity index (χ1) is 15.3. The minimum atomic E-state index is -0.173. The highest BCUT2D eigenvalue weighted by molar-refractivity contribution is 5.88. The maximum absolute atomic E-state index is 12.5. The molecule has 5 heteroatoms. The van der Waals surface area contributed by atoms with Gasteiger partial charge in [-0.3, -0.25) is 0 Å². The maximum atomic E-state index is 12.5. The number of hydrogen-bond acceptors (Lipinski definition) is 1. The van der Waals surface area contributed by atoms with E-state index >= 15 is 0 Å². The predicted octanol–water partition coefficient (Wildman–Crippen LogP) is 5.28. The van der Waals surface area contributed by atoms with Crippen LogP contribution in [0.1, 0.15) is 22.6 Å². The zero-order chi connectivity index (χ0) is 21.0. The Hall–Kier alpha value is -3.99. The first kappa shape index (κ1) is 19.0. The molecule has 31 heavy (non-hydrogen) atoms. The number of hydrogen-bond donors (Lipinski definition) is 4. The standard InChI is InChI=1S/C26H24N4O/c31-26(29-14-18-8-2-1-3-9-18)30-17-23(21-15-27-24-12-6-4-10-19(21)24)22-16-28-25-13-7-5-11-20(22)25/h1-13,15-16,23,27-28H,14,17H2,(H2,29,30,31). The third-order valence-electron chi connectivity index (χ3n) is 5.76. The highest BCUT2D eigenvalue weighted by atomic mass is 16.2. The second-order valence-electron chi connectivity index (χ2n) is 7.68. The molecule has 0 unspecified atom stereocenters. The van der Waals surface area contributed by atoms with E-state index in [2.05, 4.69) is 57.3 Å². The van der Waals surface area contributed by atoms with Crippen molar-refractivity contribution in [2.45, 2.75) is 12.5 Å². The number of benzene rings is 3. The summed E-state index contributed by atoms with van der Waals surface area (Å²) >= 11 is 0. The Kier molecular flexibility index (Phi) is 5.15. The van der Waals surface area contributed by atoms with Crippen molar-refractivity contribution in [3.05, 3.63) is 108 Å². The second kappa shape index (κ2) is 8.40. The van der Waals surface area contributed by atoms with Gasteiger partial charge in [0.05, 0.1) is 0 Å². The molecule has 0 aliphatic carbocycles. The number of amides is 2. The van der Waals surface area contributed by atoms with E-state index < -0.39 is 0 Å². The van der Waals surface area contributed by atoms with Gasteiger partial charge in [-0.05, 0) is 28.8 Å². The van der Waals surface area contributed by atoms with Gasteiger partial charge in [-0.1, -0.05) is 66.7 Å². The second-order valence-corrected chi connectivity index (χ2v) is 7.68. The van der Waals surface area contributed by atoms with E-state index in [4.69, 9.17) is 0 Å². The van der Waals surface area contributed by atoms with E-state index in [1.807, 2.05) is 54.6 Å². The van der Waals surface area contributed by atoms with Gasteiger partial charge in [-0.15, -0.1) is 0 Å². The lowest BCUT2D eigenvalue weighted by atomic mass is 9.90. The molecule has 4 N–H and O–H groups in total. The monoisotopic (exact) mass is 408 g/mol. The molecule has 2 heterocycles. The third-order valence-corrected chi connectivity index (χ3v) is 5.76. The predicted molar refractivity (Wildman–Crippen MR) is 125 cm³/mol. The molecule has 0 atom stereocenters. The largest absolute Gasteiger partial charge is 0.361 e. The van der Waals surface area contributed by atoms with Crippen LogP contribution in [0.4, 0.5) is 4.79 Å². The number of carbonyl (C=O) groups is 1. The van der Waals surface area contributed by atoms with E-state index in [-0.39, 0.29) is 11.9 Å². The molecule has 0 bridgehead atoms. The van der Waals surface area contributed by atoms with E-state index in [1.54, 1.807) is 0 Å². The number of rotatable bonds is 6. The Labute approximate surface area is 180 Å². The summed E-state index contributed by atoms with van der Waals surface area (Å²) in [4.78, 5) is 19.3. The molecule has 0 saturated carbocycles. The van der Waals surface area contributed by atoms with Gasteiger partial charge < -0.3 is 20.6 Å². The SMILES string of the molecule is O=C(NCc1ccccc1)NCC(c1c[nH]c2ccccc12)c1c[nH]c2ccccc12. The van der Waals surface area contributed by atoms with Gasteiger partial charge in [0.25, 0.3) is 0 Å². The molecule has 0 fully saturated rings. The molecule has 5 aromatic rings. The van der Waals surface area contributed by atoms with Crippen molar-refractivity contribution in [2.75, 3.05) is 6.54 Å². The van der Waals surface area contributed by atoms with E-state index in [0.717, 1.165) is 16.6 Å². The third kappa shape index (κ3) is 3.90. The topological polar surface area (TPSA) is 72.7 Å². The first-order valence-corrected chi connectivity index (χ1v) is 10.5. The number of aromatic nitrogens is 2. The molecule has 0 radical (unpaired) electrons. The summed E-state index contributed by atoms with van der Waals surface area (Å²) in [6.07, 6.45) is 4.11. The molecule has 5 rings (SSSR count). The highest BCUT2D eigenvalue weighted by Crippen LogP contribution is 2.34. The van der Waals surface area contributed by atoms with Gasteiger partial charge in [-0.2, -0.15) is 0 Å². The summed E-state index contributed by atoms with van der Waals surface area (Å²) < 4.78 is 0. The van der Waals surface area contributed by atoms with Gasteiger partial charge in [0, 0.05) is 53.2 Å². The number of carbonyl (C=O) groups excluding carboxylic acids is 1. The molecule has 3 aromatic carbocycles. The summed E-state index contributed by atoms with van der Waals surface area (Å²) in [6, 6.07) is 26.3. The number of fused-ring (bicyclic) bond motifs is 2. The minimum Gasteiger partial charge on any atom is -0.361 e. The molecule has 0 aliphatic heterocycles. The molecule has 5 nitrogen and oxygen atoms in total. The number of H-pyrrole nitrogens is 2. The van der Waals surface area contributed by atoms with Crippen molar-refractivity contribution in [1.82, 2.24) is 20.6 Å². The van der Waals surface area contributed by atoms with Crippen LogP contribution in [0.2, 0.25) is 0 Å². The summed E-state index contributed by atoms with van der Waals surface area (Å²) in [5, 5.41) is 8.38. The van der Waals surface area contributed by atoms with Crippen molar-refractivity contribution in [1.29, 1.82) is 0 Å². The lowest BCUT2D eigenvalue weighted by molar-refractivity contribution is 0.240.